The highest BCUT2D eigenvalue weighted by atomic mass is 19.3. The number of unbranched alkanes of at least 4 members (excludes halogenated alkanes) is 1. The zero-order valence-corrected chi connectivity index (χ0v) is 16.1. The van der Waals surface area contributed by atoms with Gasteiger partial charge in [0.15, 0.2) is 11.3 Å². The monoisotopic (exact) mass is 357 g/mol. The molecule has 0 saturated heterocycles. The van der Waals surface area contributed by atoms with Crippen LogP contribution in [0.3, 0.4) is 0 Å². The van der Waals surface area contributed by atoms with E-state index in [1.807, 2.05) is 13.8 Å². The van der Waals surface area contributed by atoms with E-state index < -0.39 is 11.8 Å². The van der Waals surface area contributed by atoms with Gasteiger partial charge in [-0.1, -0.05) is 47.5 Å². The molecule has 5 nitrogen and oxygen atoms in total. The summed E-state index contributed by atoms with van der Waals surface area (Å²) in [6.07, 6.45) is 5.48. The molecule has 2 rings (SSSR count). The van der Waals surface area contributed by atoms with Crippen molar-refractivity contribution in [1.82, 2.24) is 9.55 Å². The van der Waals surface area contributed by atoms with Crippen LogP contribution >= 0.6 is 0 Å². The molecule has 1 aromatic heterocycles. The number of nitrogens with zero attached hydrogens (tertiary/aromatic N) is 2. The first-order chi connectivity index (χ1) is 11.7. The van der Waals surface area contributed by atoms with E-state index in [1.165, 1.54) is 29.8 Å². The van der Waals surface area contributed by atoms with E-state index in [2.05, 4.69) is 18.8 Å². The van der Waals surface area contributed by atoms with Crippen LogP contribution in [-0.2, 0) is 0 Å². The lowest BCUT2D eigenvalue weighted by Gasteiger charge is -2.33. The molecular formula is C18H33F2N5. The Morgan fingerprint density at radius 3 is 2.36 bits per heavy atom. The van der Waals surface area contributed by atoms with Gasteiger partial charge in [-0.15, -0.1) is 0 Å². The van der Waals surface area contributed by atoms with Crippen molar-refractivity contribution in [3.05, 3.63) is 17.9 Å². The largest absolute Gasteiger partial charge is 0.381 e. The zero-order chi connectivity index (χ0) is 19.6. The van der Waals surface area contributed by atoms with Crippen molar-refractivity contribution in [2.24, 2.45) is 11.8 Å². The van der Waals surface area contributed by atoms with Crippen LogP contribution in [0.2, 0.25) is 0 Å². The van der Waals surface area contributed by atoms with Gasteiger partial charge in [0.05, 0.1) is 0 Å². The molecule has 0 amide bonds. The lowest BCUT2D eigenvalue weighted by molar-refractivity contribution is -0.0595. The molecule has 1 aromatic rings. The van der Waals surface area contributed by atoms with Crippen molar-refractivity contribution in [3.63, 3.8) is 0 Å². The predicted molar refractivity (Wildman–Crippen MR) is 99.0 cm³/mol. The van der Waals surface area contributed by atoms with E-state index >= 15 is 0 Å². The average molecular weight is 357 g/mol. The van der Waals surface area contributed by atoms with E-state index in [9.17, 15) is 8.78 Å². The number of rotatable bonds is 2. The molecule has 1 fully saturated rings. The molecule has 25 heavy (non-hydrogen) atoms. The van der Waals surface area contributed by atoms with Crippen molar-refractivity contribution < 1.29 is 8.78 Å². The molecule has 0 spiro atoms. The smallest absolute Gasteiger partial charge is 0.249 e. The summed E-state index contributed by atoms with van der Waals surface area (Å²) >= 11 is 0. The molecular weight excluding hydrogens is 324 g/mol. The van der Waals surface area contributed by atoms with Gasteiger partial charge in [-0.2, -0.15) is 0 Å². The number of nitrogens with one attached hydrogen (secondary N) is 2. The average Bonchev–Trinajstić information content (AvgIpc) is 2.57. The van der Waals surface area contributed by atoms with Crippen LogP contribution in [0, 0.1) is 22.7 Å². The fraction of sp³-hybridized carbons (Fsp3) is 0.722. The zero-order valence-electron chi connectivity index (χ0n) is 16.1. The maximum atomic E-state index is 13.6. The Balaban J connectivity index is 0.000000845. The van der Waals surface area contributed by atoms with Gasteiger partial charge in [-0.3, -0.25) is 15.4 Å². The second kappa shape index (κ2) is 10.9. The molecule has 2 atom stereocenters. The van der Waals surface area contributed by atoms with Crippen LogP contribution in [0.4, 0.5) is 14.6 Å². The maximum absolute atomic E-state index is 13.6. The van der Waals surface area contributed by atoms with E-state index in [4.69, 9.17) is 16.6 Å². The Bertz CT molecular complexity index is 581. The number of halogens is 2. The fourth-order valence-electron chi connectivity index (χ4n) is 2.65. The number of hydrogen-bond donors (Lipinski definition) is 3. The molecule has 1 heterocycles. The molecule has 0 bridgehead atoms. The van der Waals surface area contributed by atoms with Gasteiger partial charge in [0.2, 0.25) is 5.92 Å². The molecule has 0 aliphatic heterocycles. The summed E-state index contributed by atoms with van der Waals surface area (Å²) in [4.78, 5) is 3.74. The van der Waals surface area contributed by atoms with Gasteiger partial charge in [-0.25, -0.2) is 13.8 Å². The molecule has 7 heteroatoms. The SMILES string of the molecule is CC.CC1CC(C(=N)n2ccnc(N)c2=N)CC(F)(F)C1.CCCC. The Labute approximate surface area is 149 Å². The minimum atomic E-state index is -2.74. The van der Waals surface area contributed by atoms with Crippen LogP contribution < -0.4 is 11.2 Å². The third kappa shape index (κ3) is 7.32. The third-order valence-corrected chi connectivity index (χ3v) is 3.94. The summed E-state index contributed by atoms with van der Waals surface area (Å²) in [6.45, 7) is 10.1. The van der Waals surface area contributed by atoms with Gasteiger partial charge in [0.1, 0.15) is 5.84 Å². The Kier molecular flexibility index (Phi) is 10.2. The van der Waals surface area contributed by atoms with Crippen molar-refractivity contribution in [2.45, 2.75) is 72.6 Å². The molecule has 1 aliphatic rings. The number of alkyl halides is 2. The third-order valence-electron chi connectivity index (χ3n) is 3.94. The van der Waals surface area contributed by atoms with Crippen LogP contribution in [0.25, 0.3) is 0 Å². The molecule has 2 unspecified atom stereocenters. The second-order valence-corrected chi connectivity index (χ2v) is 6.22. The molecule has 4 N–H and O–H groups in total. The highest BCUT2D eigenvalue weighted by Gasteiger charge is 2.41. The summed E-state index contributed by atoms with van der Waals surface area (Å²) in [5, 5.41) is 15.8. The quantitative estimate of drug-likeness (QED) is 0.530. The minimum absolute atomic E-state index is 0.00896. The van der Waals surface area contributed by atoms with Crippen molar-refractivity contribution in [1.29, 1.82) is 10.8 Å². The standard InChI is InChI=1S/C12H17F2N5.C4H10.C2H6/c1-7-4-8(6-12(13,14)5-7)10(16)19-3-2-18-9(15)11(19)17;1-3-4-2;1-2/h2-3,7-8,16-17H,4-6H2,1H3,(H2,15,18);3-4H2,1-2H3;1-2H3. The topological polar surface area (TPSA) is 91.5 Å². The summed E-state index contributed by atoms with van der Waals surface area (Å²) in [5.74, 6) is -3.46. The van der Waals surface area contributed by atoms with Gasteiger partial charge in [0, 0.05) is 31.2 Å². The Morgan fingerprint density at radius 2 is 1.88 bits per heavy atom. The fourth-order valence-corrected chi connectivity index (χ4v) is 2.65. The Morgan fingerprint density at radius 1 is 1.32 bits per heavy atom. The van der Waals surface area contributed by atoms with Gasteiger partial charge in [-0.05, 0) is 12.3 Å². The first-order valence-electron chi connectivity index (χ1n) is 9.06. The summed E-state index contributed by atoms with van der Waals surface area (Å²) in [5.41, 5.74) is 5.37. The summed E-state index contributed by atoms with van der Waals surface area (Å²) < 4.78 is 28.4. The lowest BCUT2D eigenvalue weighted by Crippen LogP contribution is -2.40. The van der Waals surface area contributed by atoms with Crippen LogP contribution in [0.5, 0.6) is 0 Å². The van der Waals surface area contributed by atoms with E-state index in [0.717, 1.165) is 0 Å². The molecule has 0 aromatic carbocycles. The number of anilines is 1. The van der Waals surface area contributed by atoms with Crippen LogP contribution in [0.1, 0.15) is 66.7 Å². The normalized spacial score (nSPS) is 21.2. The van der Waals surface area contributed by atoms with Gasteiger partial charge in [0.25, 0.3) is 0 Å². The first-order valence-corrected chi connectivity index (χ1v) is 9.06. The van der Waals surface area contributed by atoms with Gasteiger partial charge < -0.3 is 5.73 Å². The number of hydrogen-bond acceptors (Lipinski definition) is 4. The lowest BCUT2D eigenvalue weighted by atomic mass is 9.79. The van der Waals surface area contributed by atoms with E-state index in [-0.39, 0.29) is 35.9 Å². The Hall–Kier alpha value is -1.79. The van der Waals surface area contributed by atoms with Crippen molar-refractivity contribution >= 4 is 11.7 Å². The van der Waals surface area contributed by atoms with Crippen molar-refractivity contribution in [2.75, 3.05) is 5.73 Å². The van der Waals surface area contributed by atoms with Gasteiger partial charge >= 0.3 is 0 Å². The minimum Gasteiger partial charge on any atom is -0.381 e. The van der Waals surface area contributed by atoms with Crippen molar-refractivity contribution in [3.8, 4) is 0 Å². The number of nitrogens with two attached hydrogens (primary N) is 1. The second-order valence-electron chi connectivity index (χ2n) is 6.22. The summed E-state index contributed by atoms with van der Waals surface area (Å²) in [6, 6.07) is 0. The number of aromatic nitrogens is 2. The molecule has 0 radical (unpaired) electrons. The maximum Gasteiger partial charge on any atom is 0.249 e. The van der Waals surface area contributed by atoms with Crippen LogP contribution in [0.15, 0.2) is 12.4 Å². The highest BCUT2D eigenvalue weighted by molar-refractivity contribution is 5.84. The number of nitrogen functional groups attached to an aromatic ring is 1. The molecule has 1 saturated carbocycles. The molecule has 1 aliphatic carbocycles. The first kappa shape index (κ1) is 23.2. The predicted octanol–water partition coefficient (Wildman–Crippen LogP) is 4.67. The molecule has 144 valence electrons. The van der Waals surface area contributed by atoms with E-state index in [0.29, 0.717) is 6.42 Å². The van der Waals surface area contributed by atoms with Crippen LogP contribution in [-0.4, -0.2) is 21.3 Å². The van der Waals surface area contributed by atoms with E-state index in [1.54, 1.807) is 6.92 Å². The summed E-state index contributed by atoms with van der Waals surface area (Å²) in [7, 11) is 0. The highest BCUT2D eigenvalue weighted by Crippen LogP contribution is 2.40.